The minimum absolute atomic E-state index is 0.154. The molecule has 0 amide bonds. The Bertz CT molecular complexity index is 381. The van der Waals surface area contributed by atoms with Gasteiger partial charge >= 0.3 is 5.97 Å². The van der Waals surface area contributed by atoms with Crippen LogP contribution in [0.1, 0.15) is 24.4 Å². The highest BCUT2D eigenvalue weighted by Gasteiger charge is 2.30. The van der Waals surface area contributed by atoms with E-state index in [1.807, 2.05) is 24.3 Å². The summed E-state index contributed by atoms with van der Waals surface area (Å²) in [5.41, 5.74) is 1.14. The Balaban J connectivity index is 2.14. The molecule has 1 aliphatic rings. The number of benzene rings is 1. The molecule has 0 aromatic heterocycles. The highest BCUT2D eigenvalue weighted by atomic mass is 79.9. The number of hydrogen-bond acceptors (Lipinski definition) is 2. The van der Waals surface area contributed by atoms with Crippen molar-refractivity contribution in [2.45, 2.75) is 24.9 Å². The highest BCUT2D eigenvalue weighted by Crippen LogP contribution is 2.31. The molecule has 2 atom stereocenters. The third-order valence-corrected chi connectivity index (χ3v) is 3.45. The van der Waals surface area contributed by atoms with E-state index in [-0.39, 0.29) is 6.04 Å². The third-order valence-electron chi connectivity index (χ3n) is 2.73. The maximum Gasteiger partial charge on any atom is 0.320 e. The van der Waals surface area contributed by atoms with Gasteiger partial charge in [0.2, 0.25) is 0 Å². The first-order valence-electron chi connectivity index (χ1n) is 4.92. The molecule has 0 aliphatic carbocycles. The van der Waals surface area contributed by atoms with Gasteiger partial charge in [0.15, 0.2) is 0 Å². The number of carboxylic acid groups (broad SMARTS) is 1. The average molecular weight is 270 g/mol. The van der Waals surface area contributed by atoms with Gasteiger partial charge in [-0.2, -0.15) is 0 Å². The van der Waals surface area contributed by atoms with Crippen LogP contribution < -0.4 is 5.32 Å². The lowest BCUT2D eigenvalue weighted by atomic mass is 10.1. The van der Waals surface area contributed by atoms with Crippen molar-refractivity contribution in [3.8, 4) is 0 Å². The number of carboxylic acids is 1. The first-order valence-corrected chi connectivity index (χ1v) is 5.71. The topological polar surface area (TPSA) is 49.3 Å². The molecule has 1 saturated heterocycles. The molecule has 0 bridgehead atoms. The number of halogens is 1. The molecule has 0 radical (unpaired) electrons. The lowest BCUT2D eigenvalue weighted by Crippen LogP contribution is -2.31. The molecule has 2 unspecified atom stereocenters. The maximum absolute atomic E-state index is 10.8. The molecular formula is C11H12BrNO2. The van der Waals surface area contributed by atoms with Crippen molar-refractivity contribution in [1.29, 1.82) is 0 Å². The van der Waals surface area contributed by atoms with Gasteiger partial charge < -0.3 is 5.11 Å². The van der Waals surface area contributed by atoms with Crippen molar-refractivity contribution in [2.24, 2.45) is 0 Å². The Kier molecular flexibility index (Phi) is 3.07. The average Bonchev–Trinajstić information content (AvgIpc) is 2.67. The minimum Gasteiger partial charge on any atom is -0.480 e. The first kappa shape index (κ1) is 10.6. The van der Waals surface area contributed by atoms with Crippen LogP contribution in [0.3, 0.4) is 0 Å². The second-order valence-corrected chi connectivity index (χ2v) is 4.56. The van der Waals surface area contributed by atoms with E-state index < -0.39 is 12.0 Å². The third kappa shape index (κ3) is 2.21. The standard InChI is InChI=1S/C11H12BrNO2/c12-8-4-2-1-3-7(8)9-5-6-10(13-9)11(14)15/h1-4,9-10,13H,5-6H2,(H,14,15). The molecule has 3 nitrogen and oxygen atoms in total. The predicted molar refractivity (Wildman–Crippen MR) is 60.7 cm³/mol. The Labute approximate surface area is 96.6 Å². The smallest absolute Gasteiger partial charge is 0.320 e. The number of nitrogens with one attached hydrogen (secondary N) is 1. The van der Waals surface area contributed by atoms with Gasteiger partial charge in [-0.3, -0.25) is 10.1 Å². The normalized spacial score (nSPS) is 25.4. The Hall–Kier alpha value is -0.870. The molecule has 0 spiro atoms. The van der Waals surface area contributed by atoms with E-state index in [2.05, 4.69) is 21.2 Å². The molecule has 15 heavy (non-hydrogen) atoms. The van der Waals surface area contributed by atoms with Gasteiger partial charge in [-0.15, -0.1) is 0 Å². The van der Waals surface area contributed by atoms with Crippen molar-refractivity contribution in [3.05, 3.63) is 34.3 Å². The maximum atomic E-state index is 10.8. The van der Waals surface area contributed by atoms with E-state index in [9.17, 15) is 4.79 Å². The number of aliphatic carboxylic acids is 1. The minimum atomic E-state index is -0.760. The van der Waals surface area contributed by atoms with E-state index in [0.29, 0.717) is 6.42 Å². The van der Waals surface area contributed by atoms with Gasteiger partial charge in [-0.05, 0) is 24.5 Å². The highest BCUT2D eigenvalue weighted by molar-refractivity contribution is 9.10. The van der Waals surface area contributed by atoms with Crippen LogP contribution in [-0.2, 0) is 4.79 Å². The van der Waals surface area contributed by atoms with Crippen LogP contribution in [-0.4, -0.2) is 17.1 Å². The zero-order valence-corrected chi connectivity index (χ0v) is 9.70. The number of hydrogen-bond donors (Lipinski definition) is 2. The first-order chi connectivity index (χ1) is 7.18. The Morgan fingerprint density at radius 1 is 1.40 bits per heavy atom. The summed E-state index contributed by atoms with van der Waals surface area (Å²) in [5.74, 6) is -0.760. The van der Waals surface area contributed by atoms with Gasteiger partial charge in [0.1, 0.15) is 6.04 Å². The van der Waals surface area contributed by atoms with Gasteiger partial charge in [-0.1, -0.05) is 34.1 Å². The van der Waals surface area contributed by atoms with E-state index in [4.69, 9.17) is 5.11 Å². The lowest BCUT2D eigenvalue weighted by Gasteiger charge is -2.13. The summed E-state index contributed by atoms with van der Waals surface area (Å²) < 4.78 is 1.04. The Morgan fingerprint density at radius 3 is 2.73 bits per heavy atom. The van der Waals surface area contributed by atoms with E-state index in [1.54, 1.807) is 0 Å². The molecule has 1 aliphatic heterocycles. The zero-order chi connectivity index (χ0) is 10.8. The summed E-state index contributed by atoms with van der Waals surface area (Å²) in [6, 6.07) is 7.67. The van der Waals surface area contributed by atoms with Crippen LogP contribution in [0.5, 0.6) is 0 Å². The molecule has 2 rings (SSSR count). The van der Waals surface area contributed by atoms with E-state index >= 15 is 0 Å². The van der Waals surface area contributed by atoms with Crippen molar-refractivity contribution in [2.75, 3.05) is 0 Å². The molecule has 1 aromatic carbocycles. The molecule has 2 N–H and O–H groups in total. The predicted octanol–water partition coefficient (Wildman–Crippen LogP) is 2.33. The SMILES string of the molecule is O=C(O)C1CCC(c2ccccc2Br)N1. The van der Waals surface area contributed by atoms with Gasteiger partial charge in [0.25, 0.3) is 0 Å². The summed E-state index contributed by atoms with van der Waals surface area (Å²) >= 11 is 3.48. The Morgan fingerprint density at radius 2 is 2.13 bits per heavy atom. The van der Waals surface area contributed by atoms with E-state index in [0.717, 1.165) is 16.5 Å². The molecule has 4 heteroatoms. The summed E-state index contributed by atoms with van der Waals surface area (Å²) in [6.07, 6.45) is 1.57. The van der Waals surface area contributed by atoms with Crippen molar-refractivity contribution >= 4 is 21.9 Å². The van der Waals surface area contributed by atoms with Crippen LogP contribution in [0.2, 0.25) is 0 Å². The zero-order valence-electron chi connectivity index (χ0n) is 8.11. The van der Waals surface area contributed by atoms with Gasteiger partial charge in [-0.25, -0.2) is 0 Å². The molecule has 1 heterocycles. The van der Waals surface area contributed by atoms with Gasteiger partial charge in [0, 0.05) is 10.5 Å². The second kappa shape index (κ2) is 4.33. The van der Waals surface area contributed by atoms with Crippen LogP contribution in [0.4, 0.5) is 0 Å². The number of rotatable bonds is 2. The summed E-state index contributed by atoms with van der Waals surface area (Å²) in [6.45, 7) is 0. The van der Waals surface area contributed by atoms with Gasteiger partial charge in [0.05, 0.1) is 0 Å². The molecule has 80 valence electrons. The molecular weight excluding hydrogens is 258 g/mol. The fourth-order valence-corrected chi connectivity index (χ4v) is 2.50. The van der Waals surface area contributed by atoms with E-state index in [1.165, 1.54) is 0 Å². The van der Waals surface area contributed by atoms with Crippen molar-refractivity contribution in [1.82, 2.24) is 5.32 Å². The van der Waals surface area contributed by atoms with Crippen molar-refractivity contribution < 1.29 is 9.90 Å². The largest absolute Gasteiger partial charge is 0.480 e. The fraction of sp³-hybridized carbons (Fsp3) is 0.364. The monoisotopic (exact) mass is 269 g/mol. The summed E-state index contributed by atoms with van der Waals surface area (Å²) in [5, 5.41) is 12.0. The fourth-order valence-electron chi connectivity index (χ4n) is 1.94. The number of carbonyl (C=O) groups is 1. The van der Waals surface area contributed by atoms with Crippen molar-refractivity contribution in [3.63, 3.8) is 0 Å². The molecule has 0 saturated carbocycles. The quantitative estimate of drug-likeness (QED) is 0.867. The summed E-state index contributed by atoms with van der Waals surface area (Å²) in [7, 11) is 0. The van der Waals surface area contributed by atoms with Crippen LogP contribution in [0.25, 0.3) is 0 Å². The lowest BCUT2D eigenvalue weighted by molar-refractivity contribution is -0.139. The van der Waals surface area contributed by atoms with Crippen LogP contribution in [0, 0.1) is 0 Å². The molecule has 1 fully saturated rings. The van der Waals surface area contributed by atoms with Crippen LogP contribution in [0.15, 0.2) is 28.7 Å². The summed E-state index contributed by atoms with van der Waals surface area (Å²) in [4.78, 5) is 10.8. The second-order valence-electron chi connectivity index (χ2n) is 3.71. The van der Waals surface area contributed by atoms with Crippen LogP contribution >= 0.6 is 15.9 Å². The molecule has 1 aromatic rings.